The topological polar surface area (TPSA) is 64.4 Å². The van der Waals surface area contributed by atoms with Gasteiger partial charge in [0.1, 0.15) is 10.6 Å². The Balaban J connectivity index is 1.55. The number of hydrogen-bond donors (Lipinski definition) is 0. The Morgan fingerprint density at radius 1 is 1.38 bits per heavy atom. The van der Waals surface area contributed by atoms with E-state index in [-0.39, 0.29) is 23.4 Å². The SMILES string of the molecule is CC(=O)N1CCc2c(sc3nc(SCc4ccccc4F)n(C[C@@H]4CCCO4)c(=O)c23)C1. The van der Waals surface area contributed by atoms with Crippen molar-refractivity contribution in [1.29, 1.82) is 0 Å². The molecule has 4 heterocycles. The van der Waals surface area contributed by atoms with Gasteiger partial charge < -0.3 is 9.64 Å². The predicted molar refractivity (Wildman–Crippen MR) is 124 cm³/mol. The summed E-state index contributed by atoms with van der Waals surface area (Å²) in [4.78, 5) is 33.9. The molecule has 6 nitrogen and oxygen atoms in total. The molecule has 0 bridgehead atoms. The molecule has 32 heavy (non-hydrogen) atoms. The molecule has 0 aliphatic carbocycles. The van der Waals surface area contributed by atoms with Crippen LogP contribution < -0.4 is 5.56 Å². The van der Waals surface area contributed by atoms with Crippen LogP contribution in [0.5, 0.6) is 0 Å². The molecule has 0 spiro atoms. The minimum absolute atomic E-state index is 0.0116. The number of fused-ring (bicyclic) bond motifs is 3. The van der Waals surface area contributed by atoms with E-state index in [4.69, 9.17) is 9.72 Å². The molecule has 1 atom stereocenters. The number of amides is 1. The van der Waals surface area contributed by atoms with Crippen LogP contribution >= 0.6 is 23.1 Å². The normalized spacial score (nSPS) is 18.3. The van der Waals surface area contributed by atoms with Crippen molar-refractivity contribution in [3.8, 4) is 0 Å². The maximum atomic E-state index is 14.2. The van der Waals surface area contributed by atoms with Crippen molar-refractivity contribution in [3.05, 3.63) is 56.4 Å². The summed E-state index contributed by atoms with van der Waals surface area (Å²) in [7, 11) is 0. The number of carbonyl (C=O) groups excluding carboxylic acids is 1. The first-order valence-corrected chi connectivity index (χ1v) is 12.6. The number of ether oxygens (including phenoxy) is 1. The zero-order chi connectivity index (χ0) is 22.2. The molecule has 0 radical (unpaired) electrons. The molecular formula is C23H24FN3O3S2. The van der Waals surface area contributed by atoms with Crippen molar-refractivity contribution >= 4 is 39.2 Å². The van der Waals surface area contributed by atoms with Crippen LogP contribution in [0.2, 0.25) is 0 Å². The van der Waals surface area contributed by atoms with Crippen LogP contribution in [-0.4, -0.2) is 39.6 Å². The highest BCUT2D eigenvalue weighted by Gasteiger charge is 2.27. The molecule has 0 unspecified atom stereocenters. The van der Waals surface area contributed by atoms with Crippen molar-refractivity contribution in [3.63, 3.8) is 0 Å². The van der Waals surface area contributed by atoms with E-state index < -0.39 is 0 Å². The van der Waals surface area contributed by atoms with Crippen molar-refractivity contribution in [2.45, 2.75) is 56.3 Å². The van der Waals surface area contributed by atoms with Crippen LogP contribution in [0.1, 0.15) is 35.8 Å². The summed E-state index contributed by atoms with van der Waals surface area (Å²) < 4.78 is 21.7. The number of thioether (sulfide) groups is 1. The summed E-state index contributed by atoms with van der Waals surface area (Å²) in [6.45, 7) is 3.87. The van der Waals surface area contributed by atoms with Crippen LogP contribution in [0.25, 0.3) is 10.2 Å². The third kappa shape index (κ3) is 4.09. The average Bonchev–Trinajstić information content (AvgIpc) is 3.42. The number of benzene rings is 1. The van der Waals surface area contributed by atoms with E-state index >= 15 is 0 Å². The number of aromatic nitrogens is 2. The molecule has 1 aromatic carbocycles. The van der Waals surface area contributed by atoms with Crippen LogP contribution in [0.15, 0.2) is 34.2 Å². The highest BCUT2D eigenvalue weighted by Crippen LogP contribution is 2.34. The second kappa shape index (κ2) is 8.96. The van der Waals surface area contributed by atoms with Gasteiger partial charge in [0.2, 0.25) is 5.91 Å². The largest absolute Gasteiger partial charge is 0.376 e. The van der Waals surface area contributed by atoms with Gasteiger partial charge in [-0.1, -0.05) is 30.0 Å². The fourth-order valence-corrected chi connectivity index (χ4v) is 6.62. The molecule has 2 aliphatic rings. The van der Waals surface area contributed by atoms with Gasteiger partial charge in [0.25, 0.3) is 5.56 Å². The van der Waals surface area contributed by atoms with E-state index in [1.807, 2.05) is 6.07 Å². The molecule has 0 saturated carbocycles. The first kappa shape index (κ1) is 21.6. The van der Waals surface area contributed by atoms with Gasteiger partial charge in [-0.3, -0.25) is 14.2 Å². The average molecular weight is 474 g/mol. The molecule has 1 amide bonds. The molecular weight excluding hydrogens is 449 g/mol. The molecule has 2 aliphatic heterocycles. The first-order valence-electron chi connectivity index (χ1n) is 10.8. The predicted octanol–water partition coefficient (Wildman–Crippen LogP) is 3.97. The fraction of sp³-hybridized carbons (Fsp3) is 0.435. The van der Waals surface area contributed by atoms with Gasteiger partial charge in [-0.25, -0.2) is 9.37 Å². The first-order chi connectivity index (χ1) is 15.5. The monoisotopic (exact) mass is 473 g/mol. The van der Waals surface area contributed by atoms with Gasteiger partial charge in [0, 0.05) is 30.7 Å². The fourth-order valence-electron chi connectivity index (χ4n) is 4.35. The van der Waals surface area contributed by atoms with E-state index in [2.05, 4.69) is 0 Å². The van der Waals surface area contributed by atoms with E-state index in [9.17, 15) is 14.0 Å². The lowest BCUT2D eigenvalue weighted by molar-refractivity contribution is -0.129. The highest BCUT2D eigenvalue weighted by molar-refractivity contribution is 7.98. The van der Waals surface area contributed by atoms with Crippen LogP contribution in [-0.2, 0) is 34.8 Å². The van der Waals surface area contributed by atoms with E-state index in [0.29, 0.717) is 59.4 Å². The van der Waals surface area contributed by atoms with Crippen molar-refractivity contribution < 1.29 is 13.9 Å². The second-order valence-corrected chi connectivity index (χ2v) is 10.2. The van der Waals surface area contributed by atoms with Crippen molar-refractivity contribution in [2.75, 3.05) is 13.2 Å². The Morgan fingerprint density at radius 3 is 2.97 bits per heavy atom. The molecule has 1 fully saturated rings. The third-order valence-electron chi connectivity index (χ3n) is 6.10. The zero-order valence-corrected chi connectivity index (χ0v) is 19.4. The number of rotatable bonds is 5. The van der Waals surface area contributed by atoms with E-state index in [0.717, 1.165) is 23.3 Å². The Morgan fingerprint density at radius 2 is 2.22 bits per heavy atom. The van der Waals surface area contributed by atoms with Crippen LogP contribution in [0, 0.1) is 5.82 Å². The standard InChI is InChI=1S/C23H24FN3O3S2/c1-14(28)26-9-8-17-19(12-26)32-21-20(17)22(29)27(11-16-6-4-10-30-16)23(25-21)31-13-15-5-2-3-7-18(15)24/h2-3,5,7,16H,4,6,8-13H2,1H3/t16-/m0/s1. The summed E-state index contributed by atoms with van der Waals surface area (Å²) in [6.07, 6.45) is 2.55. The van der Waals surface area contributed by atoms with Gasteiger partial charge in [-0.05, 0) is 36.5 Å². The maximum Gasteiger partial charge on any atom is 0.263 e. The molecule has 5 rings (SSSR count). The number of thiophene rings is 1. The lowest BCUT2D eigenvalue weighted by Gasteiger charge is -2.25. The summed E-state index contributed by atoms with van der Waals surface area (Å²) in [5.74, 6) is 0.169. The Hall–Kier alpha value is -2.23. The van der Waals surface area contributed by atoms with Gasteiger partial charge in [-0.2, -0.15) is 0 Å². The second-order valence-electron chi connectivity index (χ2n) is 8.20. The summed E-state index contributed by atoms with van der Waals surface area (Å²) >= 11 is 2.86. The molecule has 168 valence electrons. The number of halogens is 1. The summed E-state index contributed by atoms with van der Waals surface area (Å²) in [5.41, 5.74) is 1.54. The van der Waals surface area contributed by atoms with E-state index in [1.165, 1.54) is 29.2 Å². The molecule has 1 saturated heterocycles. The Bertz CT molecular complexity index is 1230. The number of nitrogens with zero attached hydrogens (tertiary/aromatic N) is 3. The van der Waals surface area contributed by atoms with Gasteiger partial charge >= 0.3 is 0 Å². The smallest absolute Gasteiger partial charge is 0.263 e. The highest BCUT2D eigenvalue weighted by atomic mass is 32.2. The molecule has 3 aromatic rings. The minimum atomic E-state index is -0.259. The Kier molecular flexibility index (Phi) is 6.05. The molecule has 9 heteroatoms. The maximum absolute atomic E-state index is 14.2. The summed E-state index contributed by atoms with van der Waals surface area (Å²) in [5, 5.41) is 1.25. The van der Waals surface area contributed by atoms with Crippen LogP contribution in [0.3, 0.4) is 0 Å². The lowest BCUT2D eigenvalue weighted by Crippen LogP contribution is -2.34. The van der Waals surface area contributed by atoms with Crippen molar-refractivity contribution in [2.24, 2.45) is 0 Å². The summed E-state index contributed by atoms with van der Waals surface area (Å²) in [6, 6.07) is 6.68. The van der Waals surface area contributed by atoms with Gasteiger partial charge in [0.15, 0.2) is 5.16 Å². The van der Waals surface area contributed by atoms with E-state index in [1.54, 1.807) is 28.5 Å². The lowest BCUT2D eigenvalue weighted by atomic mass is 10.1. The number of carbonyl (C=O) groups is 1. The quantitative estimate of drug-likeness (QED) is 0.414. The minimum Gasteiger partial charge on any atom is -0.376 e. The van der Waals surface area contributed by atoms with Crippen LogP contribution in [0.4, 0.5) is 4.39 Å². The molecule has 2 aromatic heterocycles. The van der Waals surface area contributed by atoms with Crippen molar-refractivity contribution in [1.82, 2.24) is 14.5 Å². The van der Waals surface area contributed by atoms with Gasteiger partial charge in [0.05, 0.1) is 24.6 Å². The number of hydrogen-bond acceptors (Lipinski definition) is 6. The molecule has 0 N–H and O–H groups in total. The Labute approximate surface area is 193 Å². The third-order valence-corrected chi connectivity index (χ3v) is 8.23. The van der Waals surface area contributed by atoms with Gasteiger partial charge in [-0.15, -0.1) is 11.3 Å². The zero-order valence-electron chi connectivity index (χ0n) is 17.8.